The van der Waals surface area contributed by atoms with Gasteiger partial charge in [-0.1, -0.05) is 23.8 Å². The van der Waals surface area contributed by atoms with Crippen LogP contribution in [-0.2, 0) is 0 Å². The zero-order valence-corrected chi connectivity index (χ0v) is 11.2. The van der Waals surface area contributed by atoms with Crippen LogP contribution in [-0.4, -0.2) is 7.11 Å². The van der Waals surface area contributed by atoms with Crippen molar-refractivity contribution in [2.45, 2.75) is 38.6 Å². The van der Waals surface area contributed by atoms with Gasteiger partial charge in [0.1, 0.15) is 5.75 Å². The Morgan fingerprint density at radius 2 is 2.17 bits per heavy atom. The highest BCUT2D eigenvalue weighted by atomic mass is 16.5. The smallest absolute Gasteiger partial charge is 0.122 e. The summed E-state index contributed by atoms with van der Waals surface area (Å²) in [5.41, 5.74) is 6.65. The fourth-order valence-corrected chi connectivity index (χ4v) is 2.56. The third kappa shape index (κ3) is 2.74. The summed E-state index contributed by atoms with van der Waals surface area (Å²) in [4.78, 5) is 0. The highest BCUT2D eigenvalue weighted by Gasteiger charge is 2.17. The molecule has 3 heteroatoms. The van der Waals surface area contributed by atoms with Crippen LogP contribution >= 0.6 is 0 Å². The first-order valence-corrected chi connectivity index (χ1v) is 6.56. The molecule has 0 bridgehead atoms. The summed E-state index contributed by atoms with van der Waals surface area (Å²) in [6, 6.07) is 6.40. The highest BCUT2D eigenvalue weighted by Crippen LogP contribution is 2.31. The minimum Gasteiger partial charge on any atom is -0.496 e. The molecule has 1 atom stereocenters. The summed E-state index contributed by atoms with van der Waals surface area (Å²) in [6.45, 7) is 2.05. The van der Waals surface area contributed by atoms with Gasteiger partial charge in [0.25, 0.3) is 0 Å². The summed E-state index contributed by atoms with van der Waals surface area (Å²) in [5.74, 6) is 6.65. The van der Waals surface area contributed by atoms with Crippen LogP contribution in [0.3, 0.4) is 0 Å². The molecule has 0 aromatic heterocycles. The largest absolute Gasteiger partial charge is 0.496 e. The Hall–Kier alpha value is -1.32. The molecule has 0 radical (unpaired) electrons. The molecule has 1 unspecified atom stereocenters. The lowest BCUT2D eigenvalue weighted by atomic mass is 9.90. The first kappa shape index (κ1) is 13.1. The van der Waals surface area contributed by atoms with Crippen LogP contribution in [0.2, 0.25) is 0 Å². The second-order valence-electron chi connectivity index (χ2n) is 4.85. The molecule has 0 aliphatic heterocycles. The van der Waals surface area contributed by atoms with E-state index in [9.17, 15) is 0 Å². The number of nitrogens with two attached hydrogens (primary N) is 1. The average Bonchev–Trinajstić information content (AvgIpc) is 2.42. The zero-order valence-electron chi connectivity index (χ0n) is 11.2. The predicted octanol–water partition coefficient (Wildman–Crippen LogP) is 3.01. The number of allylic oxidation sites excluding steroid dienone is 1. The fourth-order valence-electron chi connectivity index (χ4n) is 2.56. The van der Waals surface area contributed by atoms with Crippen molar-refractivity contribution >= 4 is 0 Å². The molecule has 0 heterocycles. The third-order valence-electron chi connectivity index (χ3n) is 3.63. The van der Waals surface area contributed by atoms with Crippen LogP contribution in [0.1, 0.15) is 42.9 Å². The van der Waals surface area contributed by atoms with E-state index in [0.29, 0.717) is 0 Å². The van der Waals surface area contributed by atoms with Crippen molar-refractivity contribution in [1.29, 1.82) is 0 Å². The summed E-state index contributed by atoms with van der Waals surface area (Å²) in [7, 11) is 1.71. The highest BCUT2D eigenvalue weighted by molar-refractivity contribution is 5.40. The van der Waals surface area contributed by atoms with Crippen LogP contribution < -0.4 is 16.0 Å². The molecular weight excluding hydrogens is 224 g/mol. The predicted molar refractivity (Wildman–Crippen MR) is 74.3 cm³/mol. The van der Waals surface area contributed by atoms with Crippen molar-refractivity contribution in [2.75, 3.05) is 7.11 Å². The Morgan fingerprint density at radius 1 is 1.33 bits per heavy atom. The van der Waals surface area contributed by atoms with Gasteiger partial charge < -0.3 is 4.74 Å². The second-order valence-corrected chi connectivity index (χ2v) is 4.85. The lowest BCUT2D eigenvalue weighted by molar-refractivity contribution is 0.410. The molecule has 3 nitrogen and oxygen atoms in total. The number of methoxy groups -OCH3 is 1. The molecule has 18 heavy (non-hydrogen) atoms. The standard InChI is InChI=1S/C15H22N2O/c1-11-8-9-13(10-14(11)18-2)15(17-16)12-6-4-3-5-7-12/h6,8-10,15,17H,3-5,7,16H2,1-2H3. The lowest BCUT2D eigenvalue weighted by Crippen LogP contribution is -2.30. The minimum atomic E-state index is 0.111. The van der Waals surface area contributed by atoms with Gasteiger partial charge in [0, 0.05) is 0 Å². The summed E-state index contributed by atoms with van der Waals surface area (Å²) >= 11 is 0. The van der Waals surface area contributed by atoms with Crippen LogP contribution in [0.4, 0.5) is 0 Å². The van der Waals surface area contributed by atoms with Crippen molar-refractivity contribution in [2.24, 2.45) is 5.84 Å². The molecule has 1 aromatic rings. The number of nitrogens with one attached hydrogen (secondary N) is 1. The normalized spacial score (nSPS) is 17.2. The van der Waals surface area contributed by atoms with E-state index in [4.69, 9.17) is 10.6 Å². The van der Waals surface area contributed by atoms with Crippen LogP contribution in [0.15, 0.2) is 29.8 Å². The van der Waals surface area contributed by atoms with Crippen LogP contribution in [0, 0.1) is 6.92 Å². The van der Waals surface area contributed by atoms with E-state index in [-0.39, 0.29) is 6.04 Å². The Morgan fingerprint density at radius 3 is 2.78 bits per heavy atom. The van der Waals surface area contributed by atoms with Crippen molar-refractivity contribution in [3.05, 3.63) is 41.0 Å². The molecule has 0 amide bonds. The van der Waals surface area contributed by atoms with Crippen molar-refractivity contribution in [3.63, 3.8) is 0 Å². The van der Waals surface area contributed by atoms with E-state index < -0.39 is 0 Å². The Kier molecular flexibility index (Phi) is 4.39. The molecule has 1 aliphatic carbocycles. The number of aryl methyl sites for hydroxylation is 1. The van der Waals surface area contributed by atoms with E-state index in [1.54, 1.807) is 7.11 Å². The van der Waals surface area contributed by atoms with Crippen molar-refractivity contribution < 1.29 is 4.74 Å². The maximum atomic E-state index is 5.73. The van der Waals surface area contributed by atoms with Gasteiger partial charge in [0.05, 0.1) is 13.2 Å². The molecule has 2 rings (SSSR count). The van der Waals surface area contributed by atoms with Crippen LogP contribution in [0.25, 0.3) is 0 Å². The maximum Gasteiger partial charge on any atom is 0.122 e. The van der Waals surface area contributed by atoms with Gasteiger partial charge in [-0.05, 0) is 49.8 Å². The monoisotopic (exact) mass is 246 g/mol. The Balaban J connectivity index is 2.29. The fraction of sp³-hybridized carbons (Fsp3) is 0.467. The zero-order chi connectivity index (χ0) is 13.0. The topological polar surface area (TPSA) is 47.3 Å². The average molecular weight is 246 g/mol. The van der Waals surface area contributed by atoms with Crippen molar-refractivity contribution in [1.82, 2.24) is 5.43 Å². The van der Waals surface area contributed by atoms with E-state index in [2.05, 4.69) is 29.7 Å². The number of benzene rings is 1. The molecule has 1 aromatic carbocycles. The number of rotatable bonds is 4. The molecule has 0 fully saturated rings. The second kappa shape index (κ2) is 6.03. The van der Waals surface area contributed by atoms with Gasteiger partial charge in [-0.15, -0.1) is 0 Å². The van der Waals surface area contributed by atoms with Gasteiger partial charge in [-0.2, -0.15) is 0 Å². The SMILES string of the molecule is COc1cc(C(NN)C2=CCCCC2)ccc1C. The molecule has 0 spiro atoms. The van der Waals surface area contributed by atoms with E-state index in [1.807, 2.05) is 6.92 Å². The van der Waals surface area contributed by atoms with Gasteiger partial charge in [0.2, 0.25) is 0 Å². The van der Waals surface area contributed by atoms with Gasteiger partial charge in [-0.3, -0.25) is 5.84 Å². The first-order chi connectivity index (χ1) is 8.76. The molecule has 1 aliphatic rings. The number of hydrazine groups is 1. The van der Waals surface area contributed by atoms with Gasteiger partial charge >= 0.3 is 0 Å². The molecular formula is C15H22N2O. The maximum absolute atomic E-state index is 5.73. The lowest BCUT2D eigenvalue weighted by Gasteiger charge is -2.23. The molecule has 3 N–H and O–H groups in total. The van der Waals surface area contributed by atoms with E-state index in [1.165, 1.54) is 24.0 Å². The Labute approximate surface area is 109 Å². The first-order valence-electron chi connectivity index (χ1n) is 6.56. The molecule has 0 saturated carbocycles. The summed E-state index contributed by atoms with van der Waals surface area (Å²) in [6.07, 6.45) is 7.16. The summed E-state index contributed by atoms with van der Waals surface area (Å²) < 4.78 is 5.38. The number of ether oxygens (including phenoxy) is 1. The van der Waals surface area contributed by atoms with Gasteiger partial charge in [-0.25, -0.2) is 5.43 Å². The Bertz CT molecular complexity index is 440. The van der Waals surface area contributed by atoms with Gasteiger partial charge in [0.15, 0.2) is 0 Å². The quantitative estimate of drug-likeness (QED) is 0.488. The number of hydrogen-bond acceptors (Lipinski definition) is 3. The van der Waals surface area contributed by atoms with Crippen molar-refractivity contribution in [3.8, 4) is 5.75 Å². The van der Waals surface area contributed by atoms with E-state index in [0.717, 1.165) is 24.2 Å². The third-order valence-corrected chi connectivity index (χ3v) is 3.63. The molecule has 0 saturated heterocycles. The molecule has 98 valence electrons. The number of hydrogen-bond donors (Lipinski definition) is 2. The van der Waals surface area contributed by atoms with E-state index >= 15 is 0 Å². The van der Waals surface area contributed by atoms with Crippen LogP contribution in [0.5, 0.6) is 5.75 Å². The summed E-state index contributed by atoms with van der Waals surface area (Å²) in [5, 5.41) is 0. The minimum absolute atomic E-state index is 0.111.